The molecule has 3 nitrogen and oxygen atoms in total. The van der Waals surface area contributed by atoms with Gasteiger partial charge < -0.3 is 5.48 Å². The number of nitrogens with zero attached hydrogens (tertiary/aromatic N) is 2. The van der Waals surface area contributed by atoms with Gasteiger partial charge in [-0.15, -0.1) is 0 Å². The quantitative estimate of drug-likeness (QED) is 0.342. The summed E-state index contributed by atoms with van der Waals surface area (Å²) in [7, 11) is 1.92. The van der Waals surface area contributed by atoms with Gasteiger partial charge in [0.05, 0.1) is 7.05 Å². The van der Waals surface area contributed by atoms with Gasteiger partial charge in [-0.05, 0) is 0 Å². The van der Waals surface area contributed by atoms with Crippen molar-refractivity contribution in [2.75, 3.05) is 0 Å². The van der Waals surface area contributed by atoms with Gasteiger partial charge in [0.2, 0.25) is 0 Å². The van der Waals surface area contributed by atoms with Crippen LogP contribution in [-0.4, -0.2) is 10.0 Å². The number of hydrogen-bond donors (Lipinski definition) is 0. The topological polar surface area (TPSA) is 38.8 Å². The average molecular weight is 124 g/mol. The predicted octanol–water partition coefficient (Wildman–Crippen LogP) is -0.425. The molecule has 1 heterocycles. The third-order valence-corrected chi connectivity index (χ3v) is 0.918. The van der Waals surface area contributed by atoms with E-state index in [9.17, 15) is 0 Å². The van der Waals surface area contributed by atoms with Crippen molar-refractivity contribution in [3.63, 3.8) is 0 Å². The minimum atomic E-state index is 0. The average Bonchev–Trinajstić information content (AvgIpc) is 2.14. The van der Waals surface area contributed by atoms with E-state index in [0.717, 1.165) is 0 Å². The van der Waals surface area contributed by atoms with Gasteiger partial charge in [-0.2, -0.15) is 4.57 Å². The molecule has 0 unspecified atom stereocenters. The molecule has 0 aromatic carbocycles. The second kappa shape index (κ2) is 2.90. The number of aryl methyl sites for hydroxylation is 1. The van der Waals surface area contributed by atoms with Gasteiger partial charge in [0, 0.05) is 0 Å². The van der Waals surface area contributed by atoms with E-state index in [-0.39, 0.29) is 5.48 Å². The lowest BCUT2D eigenvalue weighted by molar-refractivity contribution is -0.670. The lowest BCUT2D eigenvalue weighted by Crippen LogP contribution is -2.23. The molecule has 0 atom stereocenters. The van der Waals surface area contributed by atoms with E-state index < -0.39 is 0 Å². The van der Waals surface area contributed by atoms with Gasteiger partial charge in [0.25, 0.3) is 6.33 Å². The molecule has 0 saturated carbocycles. The van der Waals surface area contributed by atoms with E-state index in [4.69, 9.17) is 6.42 Å². The van der Waals surface area contributed by atoms with Crippen molar-refractivity contribution in [3.05, 3.63) is 18.7 Å². The molecule has 1 aromatic heterocycles. The number of aromatic nitrogens is 2. The summed E-state index contributed by atoms with van der Waals surface area (Å²) in [6, 6.07) is 2.44. The van der Waals surface area contributed by atoms with Crippen molar-refractivity contribution in [2.24, 2.45) is 7.05 Å². The Morgan fingerprint density at radius 1 is 1.67 bits per heavy atom. The van der Waals surface area contributed by atoms with Gasteiger partial charge in [0.1, 0.15) is 18.4 Å². The lowest BCUT2D eigenvalue weighted by Gasteiger charge is -1.71. The molecule has 0 radical (unpaired) electrons. The number of rotatable bonds is 0. The molecule has 0 spiro atoms. The van der Waals surface area contributed by atoms with Crippen molar-refractivity contribution in [1.29, 1.82) is 0 Å². The molecule has 3 heteroatoms. The molecule has 1 N–H and O–H groups in total. The van der Waals surface area contributed by atoms with Crippen molar-refractivity contribution in [3.8, 4) is 12.5 Å². The summed E-state index contributed by atoms with van der Waals surface area (Å²) in [4.78, 5) is 0. The first-order valence-electron chi connectivity index (χ1n) is 2.33. The molecule has 0 fully saturated rings. The third-order valence-electron chi connectivity index (χ3n) is 0.918. The molecule has 0 saturated heterocycles. The first kappa shape index (κ1) is 7.73. The Morgan fingerprint density at radius 2 is 2.33 bits per heavy atom. The first-order chi connectivity index (χ1) is 3.83. The highest BCUT2D eigenvalue weighted by Crippen LogP contribution is 1.73. The molecule has 48 valence electrons. The Bertz CT molecular complexity index is 221. The van der Waals surface area contributed by atoms with Crippen LogP contribution in [0.3, 0.4) is 0 Å². The van der Waals surface area contributed by atoms with E-state index in [1.54, 1.807) is 4.57 Å². The Kier molecular flexibility index (Phi) is 2.49. The van der Waals surface area contributed by atoms with Crippen LogP contribution in [0.1, 0.15) is 0 Å². The maximum Gasteiger partial charge on any atom is 0.257 e. The molecule has 9 heavy (non-hydrogen) atoms. The normalized spacial score (nSPS) is 7.56. The largest absolute Gasteiger partial charge is 0.870 e. The number of imidazole rings is 1. The molecule has 1 aromatic rings. The van der Waals surface area contributed by atoms with Crippen molar-refractivity contribution in [2.45, 2.75) is 0 Å². The number of terminal acetylenes is 1. The fourth-order valence-electron chi connectivity index (χ4n) is 0.527. The van der Waals surface area contributed by atoms with E-state index in [1.165, 1.54) is 0 Å². The molecule has 1 rings (SSSR count). The molecular weight excluding hydrogens is 116 g/mol. The Morgan fingerprint density at radius 3 is 2.56 bits per heavy atom. The number of hydrogen-bond acceptors (Lipinski definition) is 1. The van der Waals surface area contributed by atoms with Crippen LogP contribution >= 0.6 is 0 Å². The summed E-state index contributed by atoms with van der Waals surface area (Å²) >= 11 is 0. The highest BCUT2D eigenvalue weighted by atomic mass is 16.0. The van der Waals surface area contributed by atoms with Crippen LogP contribution in [0.15, 0.2) is 18.7 Å². The standard InChI is InChI=1S/C6H7N2.H2O/c1-3-8-5-4-7(2)6-8;/h1,4-6H,2H3;1H2/q+1;/p-1. The Labute approximate surface area is 53.9 Å². The summed E-state index contributed by atoms with van der Waals surface area (Å²) < 4.78 is 3.54. The van der Waals surface area contributed by atoms with Gasteiger partial charge in [-0.3, -0.25) is 0 Å². The fraction of sp³-hybridized carbons (Fsp3) is 0.167. The summed E-state index contributed by atoms with van der Waals surface area (Å²) in [6.45, 7) is 0. The van der Waals surface area contributed by atoms with E-state index in [1.807, 2.05) is 30.3 Å². The van der Waals surface area contributed by atoms with E-state index >= 15 is 0 Å². The maximum absolute atomic E-state index is 5.06. The molecule has 0 bridgehead atoms. The maximum atomic E-state index is 5.06. The molecular formula is C6H8N2O. The summed E-state index contributed by atoms with van der Waals surface area (Å²) in [5, 5.41) is 0. The zero-order chi connectivity index (χ0) is 5.98. The van der Waals surface area contributed by atoms with Gasteiger partial charge in [-0.1, -0.05) is 6.42 Å². The molecule has 0 aliphatic carbocycles. The Hall–Kier alpha value is -1.27. The van der Waals surface area contributed by atoms with E-state index in [0.29, 0.717) is 0 Å². The van der Waals surface area contributed by atoms with Crippen LogP contribution < -0.4 is 4.57 Å². The van der Waals surface area contributed by atoms with Crippen molar-refractivity contribution >= 4 is 0 Å². The Balaban J connectivity index is 0.000000640. The zero-order valence-corrected chi connectivity index (χ0v) is 5.15. The highest BCUT2D eigenvalue weighted by molar-refractivity contribution is 4.89. The van der Waals surface area contributed by atoms with Crippen molar-refractivity contribution < 1.29 is 10.0 Å². The summed E-state index contributed by atoms with van der Waals surface area (Å²) in [6.07, 6.45) is 10.6. The minimum absolute atomic E-state index is 0. The summed E-state index contributed by atoms with van der Waals surface area (Å²) in [5.41, 5.74) is 0. The lowest BCUT2D eigenvalue weighted by atomic mass is 10.9. The second-order valence-corrected chi connectivity index (χ2v) is 1.62. The second-order valence-electron chi connectivity index (χ2n) is 1.62. The van der Waals surface area contributed by atoms with Crippen LogP contribution in [0.4, 0.5) is 0 Å². The molecule has 0 amide bonds. The van der Waals surface area contributed by atoms with Crippen LogP contribution in [0.5, 0.6) is 0 Å². The summed E-state index contributed by atoms with van der Waals surface area (Å²) in [5.74, 6) is 0. The van der Waals surface area contributed by atoms with Gasteiger partial charge in [0.15, 0.2) is 0 Å². The first-order valence-corrected chi connectivity index (χ1v) is 2.33. The monoisotopic (exact) mass is 124 g/mol. The molecule has 0 aliphatic rings. The van der Waals surface area contributed by atoms with Gasteiger partial charge in [-0.25, -0.2) is 4.57 Å². The fourth-order valence-corrected chi connectivity index (χ4v) is 0.527. The third kappa shape index (κ3) is 1.59. The highest BCUT2D eigenvalue weighted by Gasteiger charge is 1.91. The zero-order valence-electron chi connectivity index (χ0n) is 5.15. The van der Waals surface area contributed by atoms with Crippen molar-refractivity contribution in [1.82, 2.24) is 4.57 Å². The van der Waals surface area contributed by atoms with Crippen LogP contribution in [0.2, 0.25) is 0 Å². The van der Waals surface area contributed by atoms with E-state index in [2.05, 4.69) is 6.04 Å². The van der Waals surface area contributed by atoms with Gasteiger partial charge >= 0.3 is 0 Å². The molecule has 0 aliphatic heterocycles. The minimum Gasteiger partial charge on any atom is -0.870 e. The van der Waals surface area contributed by atoms with Crippen LogP contribution in [0, 0.1) is 12.5 Å². The van der Waals surface area contributed by atoms with Crippen LogP contribution in [0.25, 0.3) is 0 Å². The smallest absolute Gasteiger partial charge is 0.257 e. The van der Waals surface area contributed by atoms with Crippen LogP contribution in [-0.2, 0) is 7.05 Å². The SMILES string of the molecule is C#Cn1cc[n+](C)c1.[OH-]. The predicted molar refractivity (Wildman–Crippen MR) is 31.8 cm³/mol.